The number of hydrogen-bond donors (Lipinski definition) is 0. The minimum atomic E-state index is -0.432. The minimum Gasteiger partial charge on any atom is -0.497 e. The van der Waals surface area contributed by atoms with Gasteiger partial charge in [-0.25, -0.2) is 4.79 Å². The number of nitrogens with zero attached hydrogens (tertiary/aromatic N) is 4. The second kappa shape index (κ2) is 11.1. The van der Waals surface area contributed by atoms with Gasteiger partial charge in [-0.3, -0.25) is 14.7 Å². The van der Waals surface area contributed by atoms with E-state index in [9.17, 15) is 9.59 Å². The monoisotopic (exact) mass is 574 g/mol. The van der Waals surface area contributed by atoms with Crippen molar-refractivity contribution in [2.75, 3.05) is 40.4 Å². The molecule has 1 atom stereocenters. The van der Waals surface area contributed by atoms with E-state index in [4.69, 9.17) is 14.5 Å². The van der Waals surface area contributed by atoms with E-state index in [1.807, 2.05) is 39.2 Å². The molecule has 3 amide bonds. The third-order valence-electron chi connectivity index (χ3n) is 9.06. The van der Waals surface area contributed by atoms with Gasteiger partial charge in [-0.15, -0.1) is 0 Å². The summed E-state index contributed by atoms with van der Waals surface area (Å²) in [5.41, 5.74) is 4.75. The van der Waals surface area contributed by atoms with E-state index in [0.29, 0.717) is 45.6 Å². The average molecular weight is 575 g/mol. The molecule has 9 heteroatoms. The van der Waals surface area contributed by atoms with Crippen LogP contribution in [-0.4, -0.2) is 77.6 Å². The predicted molar refractivity (Wildman–Crippen MR) is 162 cm³/mol. The number of likely N-dealkylation sites (N-methyl/N-ethyl adjacent to an activating group) is 1. The maximum atomic E-state index is 13.9. The molecule has 6 rings (SSSR count). The van der Waals surface area contributed by atoms with Gasteiger partial charge in [0.15, 0.2) is 0 Å². The van der Waals surface area contributed by atoms with Crippen molar-refractivity contribution in [1.29, 1.82) is 0 Å². The van der Waals surface area contributed by atoms with Crippen molar-refractivity contribution in [3.63, 3.8) is 0 Å². The van der Waals surface area contributed by atoms with Gasteiger partial charge >= 0.3 is 6.03 Å². The zero-order chi connectivity index (χ0) is 28.7. The molecule has 5 aliphatic rings. The first-order valence-electron chi connectivity index (χ1n) is 14.5. The lowest BCUT2D eigenvalue weighted by Gasteiger charge is -2.44. The molecule has 0 radical (unpaired) electrons. The smallest absolute Gasteiger partial charge is 0.325 e. The molecular formula is C32H38N4O4S. The number of benzene rings is 1. The van der Waals surface area contributed by atoms with Gasteiger partial charge in [0.2, 0.25) is 0 Å². The fourth-order valence-corrected chi connectivity index (χ4v) is 7.87. The summed E-state index contributed by atoms with van der Waals surface area (Å²) in [6.07, 6.45) is 12.1. The van der Waals surface area contributed by atoms with Crippen molar-refractivity contribution in [3.05, 3.63) is 69.8 Å². The SMILES string of the molecule is CCN1C(=O)N2Cc3cc(OC)cc(OC)c3C(C)C=C2C12CCN(C(=O)C1=CSC(C3=CC=CCC3)=NC1)CC2. The molecule has 2 saturated heterocycles. The van der Waals surface area contributed by atoms with Gasteiger partial charge in [-0.1, -0.05) is 43.0 Å². The molecule has 0 saturated carbocycles. The molecule has 216 valence electrons. The lowest BCUT2D eigenvalue weighted by molar-refractivity contribution is -0.129. The van der Waals surface area contributed by atoms with Gasteiger partial charge in [0.25, 0.3) is 5.91 Å². The summed E-state index contributed by atoms with van der Waals surface area (Å²) in [5, 5.41) is 3.01. The fraction of sp³-hybridized carbons (Fsp3) is 0.469. The first-order valence-corrected chi connectivity index (χ1v) is 15.4. The highest BCUT2D eigenvalue weighted by atomic mass is 32.2. The molecule has 1 spiro atoms. The summed E-state index contributed by atoms with van der Waals surface area (Å²) >= 11 is 1.56. The molecule has 1 unspecified atom stereocenters. The molecule has 0 aromatic heterocycles. The number of urea groups is 1. The number of aliphatic imine (C=N–C) groups is 1. The minimum absolute atomic E-state index is 0.0282. The van der Waals surface area contributed by atoms with E-state index < -0.39 is 5.54 Å². The number of carbonyl (C=O) groups is 2. The maximum absolute atomic E-state index is 13.9. The van der Waals surface area contributed by atoms with Crippen molar-refractivity contribution >= 4 is 28.7 Å². The van der Waals surface area contributed by atoms with E-state index in [-0.39, 0.29) is 17.9 Å². The van der Waals surface area contributed by atoms with Gasteiger partial charge < -0.3 is 19.3 Å². The number of rotatable bonds is 5. The molecule has 41 heavy (non-hydrogen) atoms. The maximum Gasteiger partial charge on any atom is 0.325 e. The third-order valence-corrected chi connectivity index (χ3v) is 10.1. The number of amides is 3. The molecule has 4 aliphatic heterocycles. The lowest BCUT2D eigenvalue weighted by atomic mass is 9.82. The molecule has 2 fully saturated rings. The Morgan fingerprint density at radius 2 is 2.00 bits per heavy atom. The van der Waals surface area contributed by atoms with Crippen LogP contribution >= 0.6 is 11.8 Å². The number of likely N-dealkylation sites (tertiary alicyclic amines) is 1. The Labute approximate surface area is 246 Å². The Balaban J connectivity index is 1.22. The van der Waals surface area contributed by atoms with E-state index in [1.165, 1.54) is 5.57 Å². The van der Waals surface area contributed by atoms with Crippen LogP contribution in [0.15, 0.2) is 63.7 Å². The van der Waals surface area contributed by atoms with E-state index in [1.54, 1.807) is 26.0 Å². The first-order chi connectivity index (χ1) is 19.9. The third kappa shape index (κ3) is 4.68. The molecule has 8 nitrogen and oxygen atoms in total. The molecule has 1 aromatic rings. The van der Waals surface area contributed by atoms with Crippen molar-refractivity contribution < 1.29 is 19.1 Å². The number of thioether (sulfide) groups is 1. The molecule has 4 heterocycles. The molecule has 1 aromatic carbocycles. The summed E-state index contributed by atoms with van der Waals surface area (Å²) in [4.78, 5) is 38.1. The zero-order valence-electron chi connectivity index (χ0n) is 24.3. The van der Waals surface area contributed by atoms with Gasteiger partial charge in [-0.2, -0.15) is 0 Å². The Bertz CT molecular complexity index is 1420. The number of fused-ring (bicyclic) bond motifs is 3. The highest BCUT2D eigenvalue weighted by Gasteiger charge is 2.55. The van der Waals surface area contributed by atoms with Crippen molar-refractivity contribution in [2.45, 2.75) is 57.5 Å². The van der Waals surface area contributed by atoms with E-state index in [2.05, 4.69) is 31.2 Å². The Morgan fingerprint density at radius 1 is 1.20 bits per heavy atom. The second-order valence-corrected chi connectivity index (χ2v) is 12.1. The number of ether oxygens (including phenoxy) is 2. The van der Waals surface area contributed by atoms with Crippen LogP contribution in [-0.2, 0) is 11.3 Å². The van der Waals surface area contributed by atoms with Gasteiger partial charge in [0.1, 0.15) is 11.5 Å². The summed E-state index contributed by atoms with van der Waals surface area (Å²) < 4.78 is 11.3. The Hall–Kier alpha value is -3.46. The summed E-state index contributed by atoms with van der Waals surface area (Å²) in [6.45, 7) is 6.91. The topological polar surface area (TPSA) is 74.7 Å². The molecule has 0 bridgehead atoms. The number of hydrogen-bond acceptors (Lipinski definition) is 6. The van der Waals surface area contributed by atoms with Crippen LogP contribution in [0.3, 0.4) is 0 Å². The predicted octanol–water partition coefficient (Wildman–Crippen LogP) is 5.63. The first kappa shape index (κ1) is 27.7. The normalized spacial score (nSPS) is 23.3. The Kier molecular flexibility index (Phi) is 7.49. The lowest BCUT2D eigenvalue weighted by Crippen LogP contribution is -2.55. The number of methoxy groups -OCH3 is 2. The highest BCUT2D eigenvalue weighted by molar-refractivity contribution is 8.17. The second-order valence-electron chi connectivity index (χ2n) is 11.2. The zero-order valence-corrected chi connectivity index (χ0v) is 25.1. The Morgan fingerprint density at radius 3 is 2.63 bits per heavy atom. The van der Waals surface area contributed by atoms with Crippen LogP contribution in [0.2, 0.25) is 0 Å². The van der Waals surface area contributed by atoms with Crippen LogP contribution in [0.1, 0.15) is 56.6 Å². The van der Waals surface area contributed by atoms with Gasteiger partial charge in [0, 0.05) is 48.5 Å². The number of piperidine rings is 1. The quantitative estimate of drug-likeness (QED) is 0.456. The standard InChI is InChI=1S/C32H38N4O4S/c1-5-36-31(38)35-19-23-16-25(39-3)17-26(40-4)28(23)21(2)15-27(35)32(36)11-13-34(14-12-32)30(37)24-18-33-29(41-20-24)22-9-7-6-8-10-22/h6-7,9,15-17,20-21H,5,8,10-14,18-19H2,1-4H3. The van der Waals surface area contributed by atoms with Crippen LogP contribution in [0.4, 0.5) is 4.79 Å². The van der Waals surface area contributed by atoms with Gasteiger partial charge in [-0.05, 0) is 55.2 Å². The van der Waals surface area contributed by atoms with E-state index >= 15 is 0 Å². The van der Waals surface area contributed by atoms with E-state index in [0.717, 1.165) is 51.8 Å². The molecule has 1 aliphatic carbocycles. The van der Waals surface area contributed by atoms with Crippen molar-refractivity contribution in [1.82, 2.24) is 14.7 Å². The van der Waals surface area contributed by atoms with Crippen molar-refractivity contribution in [3.8, 4) is 11.5 Å². The summed E-state index contributed by atoms with van der Waals surface area (Å²) in [5.74, 6) is 1.61. The fourth-order valence-electron chi connectivity index (χ4n) is 6.98. The van der Waals surface area contributed by atoms with Crippen LogP contribution < -0.4 is 9.47 Å². The number of allylic oxidation sites excluding steroid dienone is 4. The highest BCUT2D eigenvalue weighted by Crippen LogP contribution is 2.49. The largest absolute Gasteiger partial charge is 0.497 e. The van der Waals surface area contributed by atoms with Crippen LogP contribution in [0, 0.1) is 0 Å². The van der Waals surface area contributed by atoms with Crippen molar-refractivity contribution in [2.24, 2.45) is 4.99 Å². The average Bonchev–Trinajstić information content (AvgIpc) is 3.11. The van der Waals surface area contributed by atoms with Gasteiger partial charge in [0.05, 0.1) is 37.9 Å². The van der Waals surface area contributed by atoms with Crippen LogP contribution in [0.5, 0.6) is 11.5 Å². The molecular weight excluding hydrogens is 536 g/mol. The number of carbonyl (C=O) groups excluding carboxylic acids is 2. The molecule has 0 N–H and O–H groups in total. The summed E-state index contributed by atoms with van der Waals surface area (Å²) in [6, 6.07) is 3.96. The summed E-state index contributed by atoms with van der Waals surface area (Å²) in [7, 11) is 3.32. The van der Waals surface area contributed by atoms with Crippen LogP contribution in [0.25, 0.3) is 0 Å².